The first kappa shape index (κ1) is 11.0. The zero-order chi connectivity index (χ0) is 9.84. The van der Waals surface area contributed by atoms with Crippen molar-refractivity contribution >= 4 is 33.7 Å². The average Bonchev–Trinajstić information content (AvgIpc) is 2.50. The zero-order valence-electron chi connectivity index (χ0n) is 7.26. The SMILES string of the molecule is O=C(Cl)C(CC1CCCC1)C(=O)Cl. The number of hydrogen-bond donors (Lipinski definition) is 0. The first-order valence-corrected chi connectivity index (χ1v) is 5.25. The minimum absolute atomic E-state index is 0.454. The average molecular weight is 223 g/mol. The molecule has 1 fully saturated rings. The summed E-state index contributed by atoms with van der Waals surface area (Å²) in [6.45, 7) is 0. The molecule has 13 heavy (non-hydrogen) atoms. The van der Waals surface area contributed by atoms with Crippen LogP contribution in [-0.2, 0) is 9.59 Å². The van der Waals surface area contributed by atoms with Gasteiger partial charge in [0.2, 0.25) is 10.5 Å². The van der Waals surface area contributed by atoms with Crippen molar-refractivity contribution in [2.45, 2.75) is 32.1 Å². The molecule has 0 atom stereocenters. The number of carbonyl (C=O) groups is 2. The predicted molar refractivity (Wildman–Crippen MR) is 51.8 cm³/mol. The van der Waals surface area contributed by atoms with Gasteiger partial charge in [0, 0.05) is 0 Å². The van der Waals surface area contributed by atoms with Crippen LogP contribution in [0.1, 0.15) is 32.1 Å². The third-order valence-electron chi connectivity index (χ3n) is 2.59. The minimum atomic E-state index is -0.786. The molecule has 0 radical (unpaired) electrons. The van der Waals surface area contributed by atoms with E-state index in [2.05, 4.69) is 0 Å². The molecule has 1 aliphatic rings. The first-order valence-electron chi connectivity index (χ1n) is 4.50. The van der Waals surface area contributed by atoms with Crippen molar-refractivity contribution < 1.29 is 9.59 Å². The number of halogens is 2. The Balaban J connectivity index is 2.46. The molecule has 0 aromatic rings. The molecule has 4 heteroatoms. The smallest absolute Gasteiger partial charge is 0.233 e. The van der Waals surface area contributed by atoms with E-state index in [1.807, 2.05) is 0 Å². The zero-order valence-corrected chi connectivity index (χ0v) is 8.77. The Morgan fingerprint density at radius 2 is 1.62 bits per heavy atom. The van der Waals surface area contributed by atoms with Gasteiger partial charge in [0.15, 0.2) is 0 Å². The topological polar surface area (TPSA) is 34.1 Å². The maximum absolute atomic E-state index is 10.8. The van der Waals surface area contributed by atoms with Crippen molar-refractivity contribution in [3.8, 4) is 0 Å². The number of hydrogen-bond acceptors (Lipinski definition) is 2. The van der Waals surface area contributed by atoms with Gasteiger partial charge in [0.25, 0.3) is 0 Å². The van der Waals surface area contributed by atoms with E-state index in [1.165, 1.54) is 12.8 Å². The lowest BCUT2D eigenvalue weighted by Gasteiger charge is -2.12. The lowest BCUT2D eigenvalue weighted by molar-refractivity contribution is -0.124. The van der Waals surface area contributed by atoms with E-state index in [0.29, 0.717) is 12.3 Å². The van der Waals surface area contributed by atoms with Crippen LogP contribution in [0.3, 0.4) is 0 Å². The molecule has 0 aromatic heterocycles. The van der Waals surface area contributed by atoms with Crippen LogP contribution in [0.5, 0.6) is 0 Å². The highest BCUT2D eigenvalue weighted by Crippen LogP contribution is 2.31. The molecule has 0 amide bonds. The van der Waals surface area contributed by atoms with Gasteiger partial charge in [-0.25, -0.2) is 0 Å². The Kier molecular flexibility index (Phi) is 4.20. The predicted octanol–water partition coefficient (Wildman–Crippen LogP) is 2.71. The van der Waals surface area contributed by atoms with E-state index in [4.69, 9.17) is 23.2 Å². The van der Waals surface area contributed by atoms with Crippen LogP contribution in [0.4, 0.5) is 0 Å². The molecular formula is C9H12Cl2O2. The van der Waals surface area contributed by atoms with Gasteiger partial charge < -0.3 is 0 Å². The van der Waals surface area contributed by atoms with Crippen LogP contribution in [0.2, 0.25) is 0 Å². The van der Waals surface area contributed by atoms with Crippen LogP contribution < -0.4 is 0 Å². The summed E-state index contributed by atoms with van der Waals surface area (Å²) < 4.78 is 0. The molecule has 0 bridgehead atoms. The molecule has 0 saturated heterocycles. The van der Waals surface area contributed by atoms with Crippen molar-refractivity contribution in [1.82, 2.24) is 0 Å². The Labute approximate surface area is 87.6 Å². The van der Waals surface area contributed by atoms with Crippen LogP contribution in [0.25, 0.3) is 0 Å². The van der Waals surface area contributed by atoms with Gasteiger partial charge in [-0.05, 0) is 35.5 Å². The highest BCUT2D eigenvalue weighted by atomic mass is 35.5. The molecule has 0 unspecified atom stereocenters. The Hall–Kier alpha value is -0.0800. The fraction of sp³-hybridized carbons (Fsp3) is 0.778. The van der Waals surface area contributed by atoms with Gasteiger partial charge >= 0.3 is 0 Å². The van der Waals surface area contributed by atoms with Gasteiger partial charge in [-0.3, -0.25) is 9.59 Å². The van der Waals surface area contributed by atoms with Gasteiger partial charge in [-0.2, -0.15) is 0 Å². The normalized spacial score (nSPS) is 18.1. The highest BCUT2D eigenvalue weighted by Gasteiger charge is 2.28. The molecule has 2 nitrogen and oxygen atoms in total. The summed E-state index contributed by atoms with van der Waals surface area (Å²) >= 11 is 10.5. The Morgan fingerprint density at radius 3 is 2.00 bits per heavy atom. The van der Waals surface area contributed by atoms with Gasteiger partial charge in [-0.15, -0.1) is 0 Å². The first-order chi connectivity index (χ1) is 6.11. The molecule has 0 heterocycles. The lowest BCUT2D eigenvalue weighted by Crippen LogP contribution is -2.19. The summed E-state index contributed by atoms with van der Waals surface area (Å²) in [5.41, 5.74) is 0. The monoisotopic (exact) mass is 222 g/mol. The van der Waals surface area contributed by atoms with E-state index in [1.54, 1.807) is 0 Å². The van der Waals surface area contributed by atoms with E-state index in [9.17, 15) is 9.59 Å². The lowest BCUT2D eigenvalue weighted by atomic mass is 9.95. The number of rotatable bonds is 4. The molecule has 0 N–H and O–H groups in total. The second-order valence-electron chi connectivity index (χ2n) is 3.55. The van der Waals surface area contributed by atoms with Crippen molar-refractivity contribution in [1.29, 1.82) is 0 Å². The second-order valence-corrected chi connectivity index (χ2v) is 4.29. The fourth-order valence-corrected chi connectivity index (χ4v) is 2.29. The van der Waals surface area contributed by atoms with E-state index in [0.717, 1.165) is 12.8 Å². The molecule has 0 aliphatic heterocycles. The maximum atomic E-state index is 10.8. The largest absolute Gasteiger partial charge is 0.280 e. The summed E-state index contributed by atoms with van der Waals surface area (Å²) in [5.74, 6) is -0.332. The molecule has 1 rings (SSSR count). The summed E-state index contributed by atoms with van der Waals surface area (Å²) in [7, 11) is 0. The van der Waals surface area contributed by atoms with Crippen molar-refractivity contribution in [2.24, 2.45) is 11.8 Å². The standard InChI is InChI=1S/C9H12Cl2O2/c10-8(12)7(9(11)13)5-6-3-1-2-4-6/h6-7H,1-5H2. The molecule has 1 saturated carbocycles. The molecular weight excluding hydrogens is 211 g/mol. The van der Waals surface area contributed by atoms with Gasteiger partial charge in [0.1, 0.15) is 5.92 Å². The van der Waals surface area contributed by atoms with Gasteiger partial charge in [-0.1, -0.05) is 25.7 Å². The summed E-state index contributed by atoms with van der Waals surface area (Å²) in [5, 5.41) is -1.24. The van der Waals surface area contributed by atoms with Crippen LogP contribution in [0.15, 0.2) is 0 Å². The third-order valence-corrected chi connectivity index (χ3v) is 3.12. The Bertz CT molecular complexity index is 196. The summed E-state index contributed by atoms with van der Waals surface area (Å²) in [4.78, 5) is 21.7. The summed E-state index contributed by atoms with van der Waals surface area (Å²) in [6.07, 6.45) is 5.08. The van der Waals surface area contributed by atoms with Crippen molar-refractivity contribution in [3.05, 3.63) is 0 Å². The highest BCUT2D eigenvalue weighted by molar-refractivity contribution is 6.73. The molecule has 0 spiro atoms. The molecule has 0 aromatic carbocycles. The summed E-state index contributed by atoms with van der Waals surface area (Å²) in [6, 6.07) is 0. The molecule has 74 valence electrons. The third kappa shape index (κ3) is 3.28. The van der Waals surface area contributed by atoms with E-state index >= 15 is 0 Å². The van der Waals surface area contributed by atoms with Crippen molar-refractivity contribution in [3.63, 3.8) is 0 Å². The van der Waals surface area contributed by atoms with E-state index < -0.39 is 16.4 Å². The Morgan fingerprint density at radius 1 is 1.15 bits per heavy atom. The van der Waals surface area contributed by atoms with Crippen LogP contribution in [0, 0.1) is 11.8 Å². The van der Waals surface area contributed by atoms with E-state index in [-0.39, 0.29) is 0 Å². The van der Waals surface area contributed by atoms with Crippen LogP contribution >= 0.6 is 23.2 Å². The van der Waals surface area contributed by atoms with Crippen molar-refractivity contribution in [2.75, 3.05) is 0 Å². The molecule has 1 aliphatic carbocycles. The van der Waals surface area contributed by atoms with Gasteiger partial charge in [0.05, 0.1) is 0 Å². The minimum Gasteiger partial charge on any atom is -0.280 e. The quantitative estimate of drug-likeness (QED) is 0.542. The maximum Gasteiger partial charge on any atom is 0.233 e. The van der Waals surface area contributed by atoms with Crippen LogP contribution in [-0.4, -0.2) is 10.5 Å². The number of carbonyl (C=O) groups excluding carboxylic acids is 2. The fourth-order valence-electron chi connectivity index (χ4n) is 1.85. The second kappa shape index (κ2) is 4.97.